The smallest absolute Gasteiger partial charge is 0.223 e. The molecule has 6 heteroatoms. The van der Waals surface area contributed by atoms with E-state index in [0.717, 1.165) is 64.1 Å². The van der Waals surface area contributed by atoms with E-state index in [1.165, 1.54) is 31.4 Å². The molecule has 3 fully saturated rings. The van der Waals surface area contributed by atoms with Crippen LogP contribution in [0.25, 0.3) is 0 Å². The van der Waals surface area contributed by atoms with Crippen LogP contribution in [0, 0.1) is 23.6 Å². The summed E-state index contributed by atoms with van der Waals surface area (Å²) in [5, 5.41) is 3.29. The summed E-state index contributed by atoms with van der Waals surface area (Å²) < 4.78 is 18.5. The number of nitrogens with one attached hydrogen (secondary N) is 1. The number of rotatable bonds is 7. The lowest BCUT2D eigenvalue weighted by molar-refractivity contribution is -0.128. The van der Waals surface area contributed by atoms with Gasteiger partial charge >= 0.3 is 0 Å². The van der Waals surface area contributed by atoms with Crippen LogP contribution in [0.5, 0.6) is 0 Å². The van der Waals surface area contributed by atoms with Gasteiger partial charge in [0.15, 0.2) is 5.78 Å². The van der Waals surface area contributed by atoms with Crippen LogP contribution in [0.15, 0.2) is 24.3 Å². The van der Waals surface area contributed by atoms with Gasteiger partial charge in [0.2, 0.25) is 5.91 Å². The molecular weight excluding hydrogens is 407 g/mol. The fourth-order valence-corrected chi connectivity index (χ4v) is 5.51. The van der Waals surface area contributed by atoms with E-state index < -0.39 is 0 Å². The van der Waals surface area contributed by atoms with Gasteiger partial charge in [0.05, 0.1) is 0 Å². The van der Waals surface area contributed by atoms with Gasteiger partial charge in [-0.3, -0.25) is 9.59 Å². The van der Waals surface area contributed by atoms with E-state index in [-0.39, 0.29) is 29.3 Å². The second-order valence-electron chi connectivity index (χ2n) is 9.89. The lowest BCUT2D eigenvalue weighted by atomic mass is 9.83. The first-order valence-electron chi connectivity index (χ1n) is 12.5. The van der Waals surface area contributed by atoms with Crippen molar-refractivity contribution in [3.63, 3.8) is 0 Å². The summed E-state index contributed by atoms with van der Waals surface area (Å²) in [6.45, 7) is 4.45. The fraction of sp³-hybridized carbons (Fsp3) is 0.692. The maximum atomic E-state index is 13.1. The molecular formula is C26H37FN2O3. The van der Waals surface area contributed by atoms with Crippen molar-refractivity contribution < 1.29 is 18.7 Å². The number of amides is 1. The Morgan fingerprint density at radius 3 is 2.22 bits per heavy atom. The Bertz CT molecular complexity index is 747. The average molecular weight is 445 g/mol. The lowest BCUT2D eigenvalue weighted by Crippen LogP contribution is -2.42. The van der Waals surface area contributed by atoms with Gasteiger partial charge in [-0.25, -0.2) is 4.39 Å². The van der Waals surface area contributed by atoms with Crippen molar-refractivity contribution in [1.29, 1.82) is 0 Å². The van der Waals surface area contributed by atoms with Crippen molar-refractivity contribution in [2.75, 3.05) is 32.8 Å². The van der Waals surface area contributed by atoms with Crippen molar-refractivity contribution in [2.45, 2.75) is 63.8 Å². The second-order valence-corrected chi connectivity index (χ2v) is 9.89. The molecule has 1 saturated carbocycles. The zero-order chi connectivity index (χ0) is 22.3. The van der Waals surface area contributed by atoms with E-state index in [1.54, 1.807) is 12.1 Å². The first-order valence-corrected chi connectivity index (χ1v) is 12.5. The quantitative estimate of drug-likeness (QED) is 0.640. The molecule has 5 nitrogen and oxygen atoms in total. The molecule has 4 rings (SSSR count). The number of carbonyl (C=O) groups is 2. The van der Waals surface area contributed by atoms with Crippen molar-refractivity contribution in [1.82, 2.24) is 10.2 Å². The molecule has 32 heavy (non-hydrogen) atoms. The van der Waals surface area contributed by atoms with Gasteiger partial charge < -0.3 is 15.0 Å². The molecule has 1 aliphatic carbocycles. The van der Waals surface area contributed by atoms with Gasteiger partial charge in [-0.05, 0) is 108 Å². The largest absolute Gasteiger partial charge is 0.381 e. The van der Waals surface area contributed by atoms with Crippen molar-refractivity contribution in [3.05, 3.63) is 35.6 Å². The van der Waals surface area contributed by atoms with Crippen LogP contribution in [0.1, 0.15) is 68.1 Å². The number of Topliss-reactive ketones (excluding diaryl/α,β-unsaturated/α-hetero) is 1. The number of hydrogen-bond donors (Lipinski definition) is 1. The van der Waals surface area contributed by atoms with Crippen molar-refractivity contribution >= 4 is 11.7 Å². The molecule has 1 aromatic carbocycles. The van der Waals surface area contributed by atoms with Gasteiger partial charge in [0.25, 0.3) is 0 Å². The van der Waals surface area contributed by atoms with Crippen LogP contribution in [-0.4, -0.2) is 55.5 Å². The van der Waals surface area contributed by atoms with Crippen LogP contribution < -0.4 is 5.32 Å². The van der Waals surface area contributed by atoms with Crippen molar-refractivity contribution in [2.24, 2.45) is 17.8 Å². The van der Waals surface area contributed by atoms with Gasteiger partial charge in [-0.15, -0.1) is 0 Å². The number of likely N-dealkylation sites (tertiary alicyclic amines) is 1. The predicted molar refractivity (Wildman–Crippen MR) is 122 cm³/mol. The predicted octanol–water partition coefficient (Wildman–Crippen LogP) is 4.21. The van der Waals surface area contributed by atoms with Gasteiger partial charge in [-0.1, -0.05) is 0 Å². The van der Waals surface area contributed by atoms with Crippen LogP contribution in [0.3, 0.4) is 0 Å². The van der Waals surface area contributed by atoms with E-state index in [1.807, 2.05) is 0 Å². The van der Waals surface area contributed by atoms with Crippen LogP contribution in [-0.2, 0) is 9.53 Å². The molecule has 0 aromatic heterocycles. The molecule has 2 heterocycles. The Morgan fingerprint density at radius 2 is 1.56 bits per heavy atom. The number of hydrogen-bond acceptors (Lipinski definition) is 4. The molecule has 176 valence electrons. The summed E-state index contributed by atoms with van der Waals surface area (Å²) in [7, 11) is 0. The number of halogens is 1. The average Bonchev–Trinajstić information content (AvgIpc) is 2.84. The Hall–Kier alpha value is -1.79. The molecule has 0 unspecified atom stereocenters. The fourth-order valence-electron chi connectivity index (χ4n) is 5.51. The van der Waals surface area contributed by atoms with E-state index in [2.05, 4.69) is 10.2 Å². The van der Waals surface area contributed by atoms with E-state index >= 15 is 0 Å². The monoisotopic (exact) mass is 444 g/mol. The van der Waals surface area contributed by atoms with E-state index in [0.29, 0.717) is 24.8 Å². The summed E-state index contributed by atoms with van der Waals surface area (Å²) in [6.07, 6.45) is 9.26. The van der Waals surface area contributed by atoms with Gasteiger partial charge in [-0.2, -0.15) is 0 Å². The van der Waals surface area contributed by atoms with Crippen LogP contribution in [0.4, 0.5) is 4.39 Å². The maximum absolute atomic E-state index is 13.1. The zero-order valence-corrected chi connectivity index (χ0v) is 19.1. The summed E-state index contributed by atoms with van der Waals surface area (Å²) >= 11 is 0. The topological polar surface area (TPSA) is 58.6 Å². The second kappa shape index (κ2) is 11.4. The normalized spacial score (nSPS) is 26.0. The highest BCUT2D eigenvalue weighted by Gasteiger charge is 2.29. The van der Waals surface area contributed by atoms with E-state index in [9.17, 15) is 14.0 Å². The molecule has 0 atom stereocenters. The van der Waals surface area contributed by atoms with Gasteiger partial charge in [0.1, 0.15) is 5.82 Å². The summed E-state index contributed by atoms with van der Waals surface area (Å²) in [5.74, 6) is 1.03. The van der Waals surface area contributed by atoms with E-state index in [4.69, 9.17) is 4.74 Å². The number of ketones is 1. The molecule has 1 aromatic rings. The Kier molecular flexibility index (Phi) is 8.31. The molecule has 1 N–H and O–H groups in total. The first-order chi connectivity index (χ1) is 15.6. The SMILES string of the molecule is O=C(NC1CCC(CCN2CCC(C(=O)c3ccc(F)cc3)CC2)CC1)C1CCOCC1. The highest BCUT2D eigenvalue weighted by molar-refractivity contribution is 5.97. The molecule has 0 spiro atoms. The highest BCUT2D eigenvalue weighted by atomic mass is 19.1. The third-order valence-corrected chi connectivity index (χ3v) is 7.73. The molecule has 1 amide bonds. The molecule has 2 aliphatic heterocycles. The van der Waals surface area contributed by atoms with Crippen LogP contribution >= 0.6 is 0 Å². The molecule has 0 bridgehead atoms. The lowest BCUT2D eigenvalue weighted by Gasteiger charge is -2.34. The van der Waals surface area contributed by atoms with Crippen molar-refractivity contribution in [3.8, 4) is 0 Å². The number of benzene rings is 1. The Morgan fingerprint density at radius 1 is 0.906 bits per heavy atom. The molecule has 0 radical (unpaired) electrons. The zero-order valence-electron chi connectivity index (χ0n) is 19.1. The first kappa shape index (κ1) is 23.4. The highest BCUT2D eigenvalue weighted by Crippen LogP contribution is 2.29. The Balaban J connectivity index is 1.11. The molecule has 3 aliphatic rings. The number of piperidine rings is 1. The summed E-state index contributed by atoms with van der Waals surface area (Å²) in [6, 6.07) is 6.29. The number of ether oxygens (including phenoxy) is 1. The minimum atomic E-state index is -0.299. The third-order valence-electron chi connectivity index (χ3n) is 7.73. The minimum absolute atomic E-state index is 0.0616. The maximum Gasteiger partial charge on any atom is 0.223 e. The third kappa shape index (κ3) is 6.38. The standard InChI is InChI=1S/C26H37FN2O3/c27-23-5-3-20(4-6-23)25(30)21-10-15-29(16-11-21)14-9-19-1-7-24(8-2-19)28-26(31)22-12-17-32-18-13-22/h3-6,19,21-22,24H,1-2,7-18H2,(H,28,31). The number of carbonyl (C=O) groups excluding carboxylic acids is 2. The summed E-state index contributed by atoms with van der Waals surface area (Å²) in [5.41, 5.74) is 0.630. The summed E-state index contributed by atoms with van der Waals surface area (Å²) in [4.78, 5) is 27.6. The Labute approximate surface area is 191 Å². The molecule has 2 saturated heterocycles. The van der Waals surface area contributed by atoms with Crippen LogP contribution in [0.2, 0.25) is 0 Å². The number of nitrogens with zero attached hydrogens (tertiary/aromatic N) is 1. The van der Waals surface area contributed by atoms with Gasteiger partial charge in [0, 0.05) is 36.7 Å². The minimum Gasteiger partial charge on any atom is -0.381 e.